The van der Waals surface area contributed by atoms with Crippen molar-refractivity contribution in [3.05, 3.63) is 70.9 Å². The molecule has 3 aromatic rings. The summed E-state index contributed by atoms with van der Waals surface area (Å²) >= 11 is 0. The van der Waals surface area contributed by atoms with Gasteiger partial charge in [-0.25, -0.2) is 27.1 Å². The summed E-state index contributed by atoms with van der Waals surface area (Å²) in [5.74, 6) is -2.08. The van der Waals surface area contributed by atoms with Crippen LogP contribution in [0.25, 0.3) is 11.3 Å². The second-order valence-corrected chi connectivity index (χ2v) is 7.41. The van der Waals surface area contributed by atoms with Gasteiger partial charge in [-0.2, -0.15) is 0 Å². The summed E-state index contributed by atoms with van der Waals surface area (Å²) in [4.78, 5) is 11.7. The van der Waals surface area contributed by atoms with E-state index in [1.165, 1.54) is 24.3 Å². The molecule has 2 aromatic carbocycles. The fraction of sp³-hybridized carbons (Fsp3) is 0.111. The van der Waals surface area contributed by atoms with Crippen molar-refractivity contribution >= 4 is 16.0 Å². The second kappa shape index (κ2) is 7.49. The van der Waals surface area contributed by atoms with E-state index >= 15 is 0 Å². The number of hydrogen-bond acceptors (Lipinski definition) is 6. The normalized spacial score (nSPS) is 11.4. The highest BCUT2D eigenvalue weighted by Gasteiger charge is 2.20. The number of nitrogens with zero attached hydrogens (tertiary/aromatic N) is 1. The van der Waals surface area contributed by atoms with Crippen LogP contribution in [0.5, 0.6) is 0 Å². The van der Waals surface area contributed by atoms with E-state index in [-0.39, 0.29) is 12.3 Å². The predicted octanol–water partition coefficient (Wildman–Crippen LogP) is 2.93. The Labute approximate surface area is 158 Å². The van der Waals surface area contributed by atoms with Gasteiger partial charge in [0, 0.05) is 11.1 Å². The molecular weight excluding hydrogens is 394 g/mol. The lowest BCUT2D eigenvalue weighted by molar-refractivity contribution is 0.0458. The van der Waals surface area contributed by atoms with E-state index in [9.17, 15) is 22.0 Å². The van der Waals surface area contributed by atoms with E-state index in [1.807, 2.05) is 0 Å². The van der Waals surface area contributed by atoms with Gasteiger partial charge in [0.1, 0.15) is 23.9 Å². The van der Waals surface area contributed by atoms with Crippen molar-refractivity contribution in [2.75, 3.05) is 0 Å². The molecule has 0 unspecified atom stereocenters. The number of carbonyl (C=O) groups excluding carboxylic acids is 1. The van der Waals surface area contributed by atoms with Gasteiger partial charge >= 0.3 is 5.97 Å². The molecule has 0 atom stereocenters. The van der Waals surface area contributed by atoms with Gasteiger partial charge in [-0.1, -0.05) is 5.16 Å². The molecule has 0 aliphatic carbocycles. The second-order valence-electron chi connectivity index (χ2n) is 5.85. The first kappa shape index (κ1) is 19.6. The van der Waals surface area contributed by atoms with Crippen molar-refractivity contribution in [3.8, 4) is 11.3 Å². The van der Waals surface area contributed by atoms with Crippen LogP contribution in [0.2, 0.25) is 0 Å². The molecule has 1 aromatic heterocycles. The van der Waals surface area contributed by atoms with Crippen molar-refractivity contribution < 1.29 is 31.3 Å². The molecule has 10 heteroatoms. The Balaban J connectivity index is 1.78. The molecule has 0 fully saturated rings. The molecule has 28 heavy (non-hydrogen) atoms. The topological polar surface area (TPSA) is 112 Å². The minimum absolute atomic E-state index is 0.274. The third kappa shape index (κ3) is 4.07. The number of benzene rings is 2. The third-order valence-electron chi connectivity index (χ3n) is 3.95. The maximum absolute atomic E-state index is 13.9. The third-order valence-corrected chi connectivity index (χ3v) is 4.86. The SMILES string of the molecule is Cc1c(COC(=O)c2cc(S(N)(=O)=O)ccc2F)noc1-c1ccc(F)cc1. The number of carbonyl (C=O) groups is 1. The largest absolute Gasteiger partial charge is 0.455 e. The lowest BCUT2D eigenvalue weighted by Crippen LogP contribution is -2.15. The highest BCUT2D eigenvalue weighted by Crippen LogP contribution is 2.26. The van der Waals surface area contributed by atoms with Crippen LogP contribution >= 0.6 is 0 Å². The Bertz CT molecular complexity index is 1140. The van der Waals surface area contributed by atoms with E-state index < -0.39 is 38.1 Å². The quantitative estimate of drug-likeness (QED) is 0.650. The molecule has 0 radical (unpaired) electrons. The first-order valence-electron chi connectivity index (χ1n) is 7.87. The molecule has 0 bridgehead atoms. The maximum Gasteiger partial charge on any atom is 0.341 e. The van der Waals surface area contributed by atoms with Gasteiger partial charge in [-0.3, -0.25) is 0 Å². The summed E-state index contributed by atoms with van der Waals surface area (Å²) in [6.07, 6.45) is 0. The van der Waals surface area contributed by atoms with Gasteiger partial charge in [0.2, 0.25) is 10.0 Å². The van der Waals surface area contributed by atoms with Crippen molar-refractivity contribution in [2.24, 2.45) is 5.14 Å². The minimum Gasteiger partial charge on any atom is -0.455 e. The summed E-state index contributed by atoms with van der Waals surface area (Å²) in [6.45, 7) is 1.33. The van der Waals surface area contributed by atoms with Crippen molar-refractivity contribution in [1.82, 2.24) is 5.16 Å². The Morgan fingerprint density at radius 2 is 1.86 bits per heavy atom. The average molecular weight is 408 g/mol. The van der Waals surface area contributed by atoms with Crippen LogP contribution < -0.4 is 5.14 Å². The predicted molar refractivity (Wildman–Crippen MR) is 93.5 cm³/mol. The average Bonchev–Trinajstić information content (AvgIpc) is 3.00. The molecule has 0 aliphatic heterocycles. The molecular formula is C18H14F2N2O5S. The summed E-state index contributed by atoms with van der Waals surface area (Å²) in [7, 11) is -4.11. The number of primary sulfonamides is 1. The van der Waals surface area contributed by atoms with E-state index in [0.29, 0.717) is 16.9 Å². The van der Waals surface area contributed by atoms with E-state index in [2.05, 4.69) is 5.16 Å². The lowest BCUT2D eigenvalue weighted by Gasteiger charge is -2.06. The fourth-order valence-electron chi connectivity index (χ4n) is 2.42. The molecule has 0 saturated carbocycles. The molecule has 146 valence electrons. The van der Waals surface area contributed by atoms with Crippen LogP contribution in [0.1, 0.15) is 21.6 Å². The van der Waals surface area contributed by atoms with Crippen molar-refractivity contribution in [3.63, 3.8) is 0 Å². The monoisotopic (exact) mass is 408 g/mol. The van der Waals surface area contributed by atoms with Crippen LogP contribution in [-0.2, 0) is 21.4 Å². The zero-order chi connectivity index (χ0) is 20.5. The molecule has 0 amide bonds. The highest BCUT2D eigenvalue weighted by molar-refractivity contribution is 7.89. The van der Waals surface area contributed by atoms with Crippen LogP contribution in [0.4, 0.5) is 8.78 Å². The molecule has 0 saturated heterocycles. The Hall–Kier alpha value is -3.11. The minimum atomic E-state index is -4.11. The molecule has 0 spiro atoms. The Morgan fingerprint density at radius 1 is 1.18 bits per heavy atom. The molecule has 1 heterocycles. The standard InChI is InChI=1S/C18H14F2N2O5S/c1-10-16(22-27-17(10)11-2-4-12(19)5-3-11)9-26-18(23)14-8-13(28(21,24)25)6-7-15(14)20/h2-8H,9H2,1H3,(H2,21,24,25). The number of esters is 1. The smallest absolute Gasteiger partial charge is 0.341 e. The number of ether oxygens (including phenoxy) is 1. The summed E-state index contributed by atoms with van der Waals surface area (Å²) in [6, 6.07) is 8.09. The van der Waals surface area contributed by atoms with E-state index in [0.717, 1.165) is 18.2 Å². The van der Waals surface area contributed by atoms with Crippen LogP contribution in [0.15, 0.2) is 51.9 Å². The number of aromatic nitrogens is 1. The first-order chi connectivity index (χ1) is 13.2. The van der Waals surface area contributed by atoms with Crippen LogP contribution in [0.3, 0.4) is 0 Å². The van der Waals surface area contributed by atoms with E-state index in [1.54, 1.807) is 6.92 Å². The Morgan fingerprint density at radius 3 is 2.50 bits per heavy atom. The van der Waals surface area contributed by atoms with E-state index in [4.69, 9.17) is 14.4 Å². The molecule has 0 aliphatic rings. The van der Waals surface area contributed by atoms with Gasteiger partial charge in [0.15, 0.2) is 5.76 Å². The lowest BCUT2D eigenvalue weighted by atomic mass is 10.1. The number of rotatable bonds is 5. The maximum atomic E-state index is 13.9. The van der Waals surface area contributed by atoms with Crippen LogP contribution in [-0.4, -0.2) is 19.5 Å². The zero-order valence-corrected chi connectivity index (χ0v) is 15.3. The molecule has 2 N–H and O–H groups in total. The number of nitrogens with two attached hydrogens (primary N) is 1. The number of sulfonamides is 1. The molecule has 3 rings (SSSR count). The number of hydrogen-bond donors (Lipinski definition) is 1. The first-order valence-corrected chi connectivity index (χ1v) is 9.42. The van der Waals surface area contributed by atoms with Gasteiger partial charge in [0.05, 0.1) is 10.5 Å². The summed E-state index contributed by atoms with van der Waals surface area (Å²) in [5, 5.41) is 8.78. The Kier molecular flexibility index (Phi) is 5.25. The summed E-state index contributed by atoms with van der Waals surface area (Å²) in [5.41, 5.74) is 0.830. The van der Waals surface area contributed by atoms with Gasteiger partial charge in [-0.05, 0) is 49.4 Å². The zero-order valence-electron chi connectivity index (χ0n) is 14.5. The fourth-order valence-corrected chi connectivity index (χ4v) is 2.96. The van der Waals surface area contributed by atoms with Gasteiger partial charge in [-0.15, -0.1) is 0 Å². The van der Waals surface area contributed by atoms with Gasteiger partial charge < -0.3 is 9.26 Å². The number of halogens is 2. The molecule has 7 nitrogen and oxygen atoms in total. The highest BCUT2D eigenvalue weighted by atomic mass is 32.2. The van der Waals surface area contributed by atoms with Crippen molar-refractivity contribution in [1.29, 1.82) is 0 Å². The van der Waals surface area contributed by atoms with Crippen LogP contribution in [0, 0.1) is 18.6 Å². The summed E-state index contributed by atoms with van der Waals surface area (Å²) < 4.78 is 59.8. The van der Waals surface area contributed by atoms with Gasteiger partial charge in [0.25, 0.3) is 0 Å². The van der Waals surface area contributed by atoms with Crippen molar-refractivity contribution in [2.45, 2.75) is 18.4 Å².